The predicted molar refractivity (Wildman–Crippen MR) is 70.1 cm³/mol. The fourth-order valence-corrected chi connectivity index (χ4v) is 1.83. The Hall–Kier alpha value is -1.40. The number of isocyanates is 1. The van der Waals surface area contributed by atoms with Crippen LogP contribution in [-0.2, 0) is 11.2 Å². The molecule has 1 aromatic rings. The lowest BCUT2D eigenvalue weighted by atomic mass is 10.0. The Bertz CT molecular complexity index is 350. The molecule has 0 aliphatic rings. The smallest absolute Gasteiger partial charge is 0.211 e. The third kappa shape index (κ3) is 6.03. The average Bonchev–Trinajstić information content (AvgIpc) is 2.36. The first-order chi connectivity index (χ1) is 8.36. The van der Waals surface area contributed by atoms with Crippen molar-refractivity contribution < 1.29 is 4.79 Å². The molecule has 0 amide bonds. The van der Waals surface area contributed by atoms with E-state index >= 15 is 0 Å². The fourth-order valence-electron chi connectivity index (χ4n) is 1.83. The van der Waals surface area contributed by atoms with Crippen LogP contribution < -0.4 is 0 Å². The summed E-state index contributed by atoms with van der Waals surface area (Å²) in [6, 6.07) is 8.72. The second kappa shape index (κ2) is 8.72. The molecule has 0 saturated heterocycles. The van der Waals surface area contributed by atoms with Gasteiger partial charge in [-0.25, -0.2) is 4.79 Å². The van der Waals surface area contributed by atoms with E-state index in [1.807, 2.05) is 18.2 Å². The number of rotatable bonds is 8. The monoisotopic (exact) mass is 230 g/mol. The largest absolute Gasteiger partial charge is 0.240 e. The van der Waals surface area contributed by atoms with Crippen LogP contribution in [0.5, 0.6) is 0 Å². The molecule has 1 radical (unpaired) electrons. The van der Waals surface area contributed by atoms with Crippen molar-refractivity contribution in [2.24, 2.45) is 4.99 Å². The Kier molecular flexibility index (Phi) is 7.01. The maximum absolute atomic E-state index is 10.0. The van der Waals surface area contributed by atoms with Crippen molar-refractivity contribution in [2.45, 2.75) is 51.9 Å². The highest BCUT2D eigenvalue weighted by molar-refractivity contribution is 5.48. The summed E-state index contributed by atoms with van der Waals surface area (Å²) in [6.45, 7) is 2.24. The molecule has 0 N–H and O–H groups in total. The standard InChI is InChI=1S/C15H20NO/c1-2-3-4-5-6-7-8-14-9-11-15(12-10-14)16-13-17/h9-11H,2-8H2,1H3. The van der Waals surface area contributed by atoms with Crippen LogP contribution >= 0.6 is 0 Å². The number of carbonyl (C=O) groups excluding carboxylic acids is 1. The molecule has 0 heterocycles. The Morgan fingerprint density at radius 1 is 1.18 bits per heavy atom. The van der Waals surface area contributed by atoms with Gasteiger partial charge in [0.15, 0.2) is 0 Å². The fraction of sp³-hybridized carbons (Fsp3) is 0.533. The summed E-state index contributed by atoms with van der Waals surface area (Å²) in [7, 11) is 0. The summed E-state index contributed by atoms with van der Waals surface area (Å²) >= 11 is 0. The van der Waals surface area contributed by atoms with Gasteiger partial charge in [-0.2, -0.15) is 4.99 Å². The second-order valence-electron chi connectivity index (χ2n) is 4.30. The summed E-state index contributed by atoms with van der Waals surface area (Å²) in [5.41, 5.74) is 1.83. The maximum atomic E-state index is 10.0. The Morgan fingerprint density at radius 2 is 1.94 bits per heavy atom. The summed E-state index contributed by atoms with van der Waals surface area (Å²) in [5, 5.41) is 0. The molecule has 0 aliphatic heterocycles. The van der Waals surface area contributed by atoms with Gasteiger partial charge in [0.2, 0.25) is 6.08 Å². The molecule has 2 nitrogen and oxygen atoms in total. The Morgan fingerprint density at radius 3 is 2.59 bits per heavy atom. The Labute approximate surface area is 104 Å². The SMILES string of the molecule is CCCCCCCCc1c[c]c(N=C=O)cc1. The predicted octanol–water partition coefficient (Wildman–Crippen LogP) is 4.36. The highest BCUT2D eigenvalue weighted by Gasteiger charge is 1.95. The topological polar surface area (TPSA) is 29.4 Å². The number of aryl methyl sites for hydroxylation is 1. The van der Waals surface area contributed by atoms with Crippen molar-refractivity contribution in [1.82, 2.24) is 0 Å². The highest BCUT2D eigenvalue weighted by Crippen LogP contribution is 2.14. The molecule has 0 atom stereocenters. The zero-order valence-corrected chi connectivity index (χ0v) is 10.5. The van der Waals surface area contributed by atoms with Gasteiger partial charge in [0.05, 0.1) is 5.69 Å². The minimum atomic E-state index is 0.562. The van der Waals surface area contributed by atoms with E-state index in [2.05, 4.69) is 18.0 Å². The van der Waals surface area contributed by atoms with E-state index in [1.54, 1.807) is 0 Å². The van der Waals surface area contributed by atoms with Gasteiger partial charge in [0.25, 0.3) is 0 Å². The molecule has 0 aromatic heterocycles. The first-order valence-electron chi connectivity index (χ1n) is 6.45. The van der Waals surface area contributed by atoms with Gasteiger partial charge in [-0.1, -0.05) is 45.1 Å². The average molecular weight is 230 g/mol. The molecule has 0 fully saturated rings. The van der Waals surface area contributed by atoms with Gasteiger partial charge in [0.1, 0.15) is 0 Å². The zero-order valence-electron chi connectivity index (χ0n) is 10.5. The number of unbranched alkanes of at least 4 members (excludes halogenated alkanes) is 5. The van der Waals surface area contributed by atoms with Crippen molar-refractivity contribution in [3.63, 3.8) is 0 Å². The van der Waals surface area contributed by atoms with Gasteiger partial charge in [-0.3, -0.25) is 0 Å². The summed E-state index contributed by atoms with van der Waals surface area (Å²) in [6.07, 6.45) is 10.5. The second-order valence-corrected chi connectivity index (χ2v) is 4.30. The first-order valence-corrected chi connectivity index (χ1v) is 6.45. The molecule has 2 heteroatoms. The zero-order chi connectivity index (χ0) is 12.3. The molecule has 0 aliphatic carbocycles. The molecule has 1 rings (SSSR count). The van der Waals surface area contributed by atoms with Crippen LogP contribution in [0, 0.1) is 6.07 Å². The van der Waals surface area contributed by atoms with Gasteiger partial charge in [-0.15, -0.1) is 0 Å². The van der Waals surface area contributed by atoms with Crippen LogP contribution in [0.2, 0.25) is 0 Å². The summed E-state index contributed by atoms with van der Waals surface area (Å²) in [4.78, 5) is 13.6. The van der Waals surface area contributed by atoms with E-state index in [0.29, 0.717) is 5.69 Å². The number of aliphatic imine (C=N–C) groups is 1. The highest BCUT2D eigenvalue weighted by atomic mass is 16.1. The summed E-state index contributed by atoms with van der Waals surface area (Å²) < 4.78 is 0. The van der Waals surface area contributed by atoms with E-state index in [0.717, 1.165) is 6.42 Å². The molecule has 17 heavy (non-hydrogen) atoms. The third-order valence-electron chi connectivity index (χ3n) is 2.85. The van der Waals surface area contributed by atoms with Crippen LogP contribution in [0.4, 0.5) is 5.69 Å². The molecule has 0 spiro atoms. The molecule has 0 saturated carbocycles. The van der Waals surface area contributed by atoms with Crippen molar-refractivity contribution in [1.29, 1.82) is 0 Å². The molecule has 1 aromatic carbocycles. The minimum absolute atomic E-state index is 0.562. The maximum Gasteiger partial charge on any atom is 0.240 e. The number of benzene rings is 1. The van der Waals surface area contributed by atoms with E-state index in [1.165, 1.54) is 50.2 Å². The van der Waals surface area contributed by atoms with Crippen LogP contribution in [0.3, 0.4) is 0 Å². The van der Waals surface area contributed by atoms with Gasteiger partial charge in [0, 0.05) is 6.07 Å². The van der Waals surface area contributed by atoms with Crippen molar-refractivity contribution in [3.8, 4) is 0 Å². The molecular formula is C15H20NO. The number of hydrogen-bond donors (Lipinski definition) is 0. The van der Waals surface area contributed by atoms with Crippen LogP contribution in [0.25, 0.3) is 0 Å². The quantitative estimate of drug-likeness (QED) is 0.370. The van der Waals surface area contributed by atoms with E-state index in [9.17, 15) is 4.79 Å². The van der Waals surface area contributed by atoms with E-state index in [-0.39, 0.29) is 0 Å². The molecular weight excluding hydrogens is 210 g/mol. The lowest BCUT2D eigenvalue weighted by Gasteiger charge is -2.01. The number of hydrogen-bond acceptors (Lipinski definition) is 2. The minimum Gasteiger partial charge on any atom is -0.211 e. The lowest BCUT2D eigenvalue weighted by molar-refractivity contribution is 0.565. The van der Waals surface area contributed by atoms with Gasteiger partial charge in [-0.05, 0) is 30.5 Å². The van der Waals surface area contributed by atoms with Gasteiger partial charge >= 0.3 is 0 Å². The third-order valence-corrected chi connectivity index (χ3v) is 2.85. The lowest BCUT2D eigenvalue weighted by Crippen LogP contribution is -1.85. The van der Waals surface area contributed by atoms with E-state index < -0.39 is 0 Å². The molecule has 0 bridgehead atoms. The van der Waals surface area contributed by atoms with Crippen molar-refractivity contribution >= 4 is 11.8 Å². The molecule has 91 valence electrons. The van der Waals surface area contributed by atoms with E-state index in [4.69, 9.17) is 0 Å². The summed E-state index contributed by atoms with van der Waals surface area (Å²) in [5.74, 6) is 0. The normalized spacial score (nSPS) is 9.94. The number of nitrogens with zero attached hydrogens (tertiary/aromatic N) is 1. The van der Waals surface area contributed by atoms with Gasteiger partial charge < -0.3 is 0 Å². The molecule has 0 unspecified atom stereocenters. The van der Waals surface area contributed by atoms with Crippen molar-refractivity contribution in [2.75, 3.05) is 0 Å². The van der Waals surface area contributed by atoms with Crippen LogP contribution in [0.15, 0.2) is 23.2 Å². The Balaban J connectivity index is 2.20. The van der Waals surface area contributed by atoms with Crippen LogP contribution in [0.1, 0.15) is 51.0 Å². The van der Waals surface area contributed by atoms with Crippen molar-refractivity contribution in [3.05, 3.63) is 29.8 Å². The first kappa shape index (κ1) is 13.7. The van der Waals surface area contributed by atoms with Crippen LogP contribution in [-0.4, -0.2) is 6.08 Å².